The van der Waals surface area contributed by atoms with Gasteiger partial charge in [0, 0.05) is 6.54 Å². The van der Waals surface area contributed by atoms with Gasteiger partial charge in [-0.2, -0.15) is 0 Å². The third kappa shape index (κ3) is 2.65. The van der Waals surface area contributed by atoms with E-state index in [0.29, 0.717) is 19.4 Å². The molecule has 0 fully saturated rings. The fraction of sp³-hybridized carbons (Fsp3) is 0.300. The highest BCUT2D eigenvalue weighted by Gasteiger charge is 2.01. The first-order chi connectivity index (χ1) is 7.92. The lowest BCUT2D eigenvalue weighted by atomic mass is 10.1. The molecule has 1 rings (SSSR count). The van der Waals surface area contributed by atoms with Crippen LogP contribution in [0.25, 0.3) is 0 Å². The van der Waals surface area contributed by atoms with Crippen LogP contribution < -0.4 is 10.1 Å². The lowest BCUT2D eigenvalue weighted by molar-refractivity contribution is -0.109. The van der Waals surface area contributed by atoms with Crippen molar-refractivity contribution in [3.8, 4) is 11.5 Å². The fourth-order valence-electron chi connectivity index (χ4n) is 1.08. The second kappa shape index (κ2) is 5.11. The number of hydrogen-bond acceptors (Lipinski definition) is 3. The van der Waals surface area contributed by atoms with E-state index in [-0.39, 0.29) is 11.5 Å². The monoisotopic (exact) mass is 198 g/mol. The van der Waals surface area contributed by atoms with Gasteiger partial charge in [0.05, 0.1) is 11.2 Å². The molecule has 1 aromatic rings. The Labute approximate surface area is 86.7 Å². The highest BCUT2D eigenvalue weighted by molar-refractivity contribution is 5.46. The predicted molar refractivity (Wildman–Crippen MR) is 52.4 cm³/mol. The number of amides is 1. The number of aromatic hydroxyl groups is 1. The van der Waals surface area contributed by atoms with Crippen molar-refractivity contribution in [2.24, 2.45) is 0 Å². The number of phenolic OH excluding ortho intramolecular Hbond substituents is 1. The van der Waals surface area contributed by atoms with Crippen LogP contribution in [0.1, 0.15) is 9.68 Å². The first-order valence-corrected chi connectivity index (χ1v) is 4.10. The molecule has 76 valence electrons. The maximum absolute atomic E-state index is 10.0. The van der Waals surface area contributed by atoms with Gasteiger partial charge in [-0.25, -0.2) is 0 Å². The molecule has 2 N–H and O–H groups in total. The predicted octanol–water partition coefficient (Wildman–Crippen LogP) is 0.689. The van der Waals surface area contributed by atoms with Crippen molar-refractivity contribution in [1.29, 1.82) is 0 Å². The van der Waals surface area contributed by atoms with Gasteiger partial charge in [0.15, 0.2) is 11.5 Å². The number of carbonyl (C=O) groups excluding carboxylic acids is 1. The highest BCUT2D eigenvalue weighted by atomic mass is 16.5. The summed E-state index contributed by atoms with van der Waals surface area (Å²) in [5.74, 6) is -0.318. The quantitative estimate of drug-likeness (QED) is 0.540. The van der Waals surface area contributed by atoms with E-state index in [4.69, 9.17) is 4.11 Å². The normalized spacial score (nSPS) is 13.6. The Balaban J connectivity index is 2.69. The number of nitrogens with one attached hydrogen (secondary N) is 1. The van der Waals surface area contributed by atoms with Crippen LogP contribution in [-0.2, 0) is 11.2 Å². The summed E-state index contributed by atoms with van der Waals surface area (Å²) in [6.07, 6.45) is 1.13. The van der Waals surface area contributed by atoms with E-state index < -0.39 is 7.04 Å². The van der Waals surface area contributed by atoms with Gasteiger partial charge in [0.2, 0.25) is 6.41 Å². The minimum absolute atomic E-state index is 0.0860. The topological polar surface area (TPSA) is 58.6 Å². The average Bonchev–Trinajstić information content (AvgIpc) is 2.21. The Hall–Kier alpha value is -1.71. The molecule has 1 amide bonds. The number of hydrogen-bond donors (Lipinski definition) is 2. The molecule has 0 atom stereocenters. The third-order valence-electron chi connectivity index (χ3n) is 1.77. The van der Waals surface area contributed by atoms with Gasteiger partial charge >= 0.3 is 0 Å². The SMILES string of the molecule is [2H]C([2H])([2H])Oc1ccc(CCNC=O)cc1O. The Morgan fingerprint density at radius 2 is 2.57 bits per heavy atom. The minimum atomic E-state index is -2.59. The Morgan fingerprint density at radius 1 is 1.71 bits per heavy atom. The molecule has 0 aromatic heterocycles. The van der Waals surface area contributed by atoms with Crippen LogP contribution in [0.15, 0.2) is 18.2 Å². The standard InChI is InChI=1S/C10H13NO3/c1-14-10-3-2-8(6-9(10)13)4-5-11-7-12/h2-3,6-7,13H,4-5H2,1H3,(H,11,12)/i1D3. The molecule has 0 saturated carbocycles. The van der Waals surface area contributed by atoms with E-state index in [9.17, 15) is 9.90 Å². The number of ether oxygens (including phenoxy) is 1. The van der Waals surface area contributed by atoms with Crippen LogP contribution in [0.3, 0.4) is 0 Å². The molecule has 1 aromatic carbocycles. The van der Waals surface area contributed by atoms with Crippen molar-refractivity contribution < 1.29 is 18.8 Å². The zero-order chi connectivity index (χ0) is 12.9. The van der Waals surface area contributed by atoms with Gasteiger partial charge in [0.1, 0.15) is 0 Å². The molecule has 4 nitrogen and oxygen atoms in total. The second-order valence-electron chi connectivity index (χ2n) is 2.73. The summed E-state index contributed by atoms with van der Waals surface area (Å²) in [6.45, 7) is 0.447. The van der Waals surface area contributed by atoms with E-state index in [1.165, 1.54) is 12.1 Å². The van der Waals surface area contributed by atoms with E-state index in [1.807, 2.05) is 0 Å². The molecule has 0 aliphatic rings. The molecule has 0 saturated heterocycles. The summed E-state index contributed by atoms with van der Waals surface area (Å²) < 4.78 is 25.3. The molecule has 0 radical (unpaired) electrons. The van der Waals surface area contributed by atoms with Crippen molar-refractivity contribution >= 4 is 6.41 Å². The fourth-order valence-corrected chi connectivity index (χ4v) is 1.08. The molecule has 0 aliphatic heterocycles. The number of methoxy groups -OCH3 is 1. The van der Waals surface area contributed by atoms with Gasteiger partial charge in [-0.3, -0.25) is 4.79 Å². The third-order valence-corrected chi connectivity index (χ3v) is 1.77. The lowest BCUT2D eigenvalue weighted by Gasteiger charge is -2.05. The molecule has 0 unspecified atom stereocenters. The summed E-state index contributed by atoms with van der Waals surface area (Å²) >= 11 is 0. The smallest absolute Gasteiger partial charge is 0.207 e. The summed E-state index contributed by atoms with van der Waals surface area (Å²) in [6, 6.07) is 4.43. The van der Waals surface area contributed by atoms with Crippen molar-refractivity contribution in [2.75, 3.05) is 13.6 Å². The van der Waals surface area contributed by atoms with Crippen molar-refractivity contribution in [3.05, 3.63) is 23.8 Å². The average molecular weight is 198 g/mol. The van der Waals surface area contributed by atoms with Crippen LogP contribution in [0.2, 0.25) is 0 Å². The van der Waals surface area contributed by atoms with Gasteiger partial charge < -0.3 is 15.2 Å². The van der Waals surface area contributed by atoms with Crippen LogP contribution in [0, 0.1) is 0 Å². The second-order valence-corrected chi connectivity index (χ2v) is 2.73. The summed E-state index contributed by atoms with van der Waals surface area (Å²) in [4.78, 5) is 10.0. The molecule has 0 aliphatic carbocycles. The minimum Gasteiger partial charge on any atom is -0.504 e. The summed E-state index contributed by atoms with van der Waals surface area (Å²) in [5, 5.41) is 12.0. The zero-order valence-corrected chi connectivity index (χ0v) is 7.49. The van der Waals surface area contributed by atoms with Crippen molar-refractivity contribution in [3.63, 3.8) is 0 Å². The number of phenols is 1. The molecule has 0 spiro atoms. The largest absolute Gasteiger partial charge is 0.504 e. The number of benzene rings is 1. The van der Waals surface area contributed by atoms with E-state index >= 15 is 0 Å². The van der Waals surface area contributed by atoms with E-state index in [0.717, 1.165) is 5.56 Å². The Morgan fingerprint density at radius 3 is 3.21 bits per heavy atom. The Kier molecular flexibility index (Phi) is 2.45. The van der Waals surface area contributed by atoms with Crippen molar-refractivity contribution in [1.82, 2.24) is 5.32 Å². The van der Waals surface area contributed by atoms with Gasteiger partial charge in [-0.15, -0.1) is 0 Å². The maximum atomic E-state index is 10.0. The zero-order valence-electron chi connectivity index (χ0n) is 10.5. The first kappa shape index (κ1) is 6.70. The molecule has 0 bridgehead atoms. The van der Waals surface area contributed by atoms with Gasteiger partial charge in [0.25, 0.3) is 0 Å². The molecular formula is C10H13NO3. The van der Waals surface area contributed by atoms with Gasteiger partial charge in [-0.1, -0.05) is 6.07 Å². The summed E-state index contributed by atoms with van der Waals surface area (Å²) in [5.41, 5.74) is 0.773. The number of rotatable bonds is 5. The van der Waals surface area contributed by atoms with Crippen LogP contribution in [0.5, 0.6) is 11.5 Å². The highest BCUT2D eigenvalue weighted by Crippen LogP contribution is 2.26. The maximum Gasteiger partial charge on any atom is 0.207 e. The Bertz CT molecular complexity index is 393. The van der Waals surface area contributed by atoms with Crippen LogP contribution in [-0.4, -0.2) is 25.1 Å². The molecule has 0 heterocycles. The van der Waals surface area contributed by atoms with Gasteiger partial charge in [-0.05, 0) is 24.1 Å². The van der Waals surface area contributed by atoms with E-state index in [1.54, 1.807) is 6.07 Å². The van der Waals surface area contributed by atoms with Crippen LogP contribution in [0.4, 0.5) is 0 Å². The lowest BCUT2D eigenvalue weighted by Crippen LogP contribution is -2.14. The number of carbonyl (C=O) groups is 1. The van der Waals surface area contributed by atoms with Crippen molar-refractivity contribution in [2.45, 2.75) is 6.42 Å². The molecule has 14 heavy (non-hydrogen) atoms. The molecular weight excluding hydrogens is 182 g/mol. The first-order valence-electron chi connectivity index (χ1n) is 5.60. The van der Waals surface area contributed by atoms with Crippen LogP contribution >= 0.6 is 0 Å². The summed E-state index contributed by atoms with van der Waals surface area (Å²) in [7, 11) is -2.59. The molecule has 4 heteroatoms. The van der Waals surface area contributed by atoms with E-state index in [2.05, 4.69) is 10.1 Å².